The van der Waals surface area contributed by atoms with Crippen molar-refractivity contribution >= 4 is 5.78 Å². The van der Waals surface area contributed by atoms with Crippen LogP contribution in [0.3, 0.4) is 0 Å². The van der Waals surface area contributed by atoms with Crippen molar-refractivity contribution in [1.82, 2.24) is 4.98 Å². The van der Waals surface area contributed by atoms with Gasteiger partial charge in [-0.25, -0.2) is 0 Å². The van der Waals surface area contributed by atoms with E-state index in [2.05, 4.69) is 11.9 Å². The van der Waals surface area contributed by atoms with Crippen LogP contribution in [-0.4, -0.2) is 10.8 Å². The summed E-state index contributed by atoms with van der Waals surface area (Å²) in [5.41, 5.74) is 2.74. The van der Waals surface area contributed by atoms with Crippen LogP contribution in [0.1, 0.15) is 47.8 Å². The third-order valence-corrected chi connectivity index (χ3v) is 2.24. The summed E-state index contributed by atoms with van der Waals surface area (Å²) in [6.07, 6.45) is 4.38. The predicted molar refractivity (Wildman–Crippen MR) is 57.6 cm³/mol. The minimum Gasteiger partial charge on any atom is -0.292 e. The van der Waals surface area contributed by atoms with Gasteiger partial charge < -0.3 is 0 Å². The van der Waals surface area contributed by atoms with Crippen LogP contribution in [0, 0.1) is 13.8 Å². The van der Waals surface area contributed by atoms with Crippen molar-refractivity contribution < 1.29 is 4.79 Å². The van der Waals surface area contributed by atoms with Gasteiger partial charge in [-0.2, -0.15) is 0 Å². The Morgan fingerprint density at radius 2 is 2.14 bits per heavy atom. The molecule has 14 heavy (non-hydrogen) atoms. The van der Waals surface area contributed by atoms with Gasteiger partial charge in [-0.3, -0.25) is 9.78 Å². The van der Waals surface area contributed by atoms with Gasteiger partial charge in [0.2, 0.25) is 0 Å². The lowest BCUT2D eigenvalue weighted by molar-refractivity contribution is 0.0974. The molecule has 76 valence electrons. The Morgan fingerprint density at radius 3 is 2.71 bits per heavy atom. The molecule has 2 nitrogen and oxygen atoms in total. The maximum Gasteiger partial charge on any atom is 0.181 e. The number of pyridine rings is 1. The second-order valence-electron chi connectivity index (χ2n) is 3.70. The van der Waals surface area contributed by atoms with Crippen LogP contribution in [0.5, 0.6) is 0 Å². The highest BCUT2D eigenvalue weighted by molar-refractivity contribution is 5.95. The highest BCUT2D eigenvalue weighted by Gasteiger charge is 2.09. The van der Waals surface area contributed by atoms with Gasteiger partial charge in [0.25, 0.3) is 0 Å². The molecule has 0 N–H and O–H groups in total. The van der Waals surface area contributed by atoms with E-state index >= 15 is 0 Å². The van der Waals surface area contributed by atoms with Crippen molar-refractivity contribution in [3.63, 3.8) is 0 Å². The molecule has 2 heteroatoms. The maximum atomic E-state index is 11.7. The highest BCUT2D eigenvalue weighted by Crippen LogP contribution is 2.10. The molecule has 0 aliphatic heterocycles. The van der Waals surface area contributed by atoms with Crippen molar-refractivity contribution in [2.45, 2.75) is 40.0 Å². The Morgan fingerprint density at radius 1 is 1.43 bits per heavy atom. The fraction of sp³-hybridized carbons (Fsp3) is 0.500. The summed E-state index contributed by atoms with van der Waals surface area (Å²) in [6, 6.07) is 2.01. The summed E-state index contributed by atoms with van der Waals surface area (Å²) in [5, 5.41) is 0. The van der Waals surface area contributed by atoms with Gasteiger partial charge in [-0.05, 0) is 31.4 Å². The maximum absolute atomic E-state index is 11.7. The monoisotopic (exact) mass is 191 g/mol. The first kappa shape index (κ1) is 10.9. The largest absolute Gasteiger partial charge is 0.292 e. The first-order chi connectivity index (χ1) is 6.65. The lowest BCUT2D eigenvalue weighted by Gasteiger charge is -2.03. The van der Waals surface area contributed by atoms with Crippen LogP contribution >= 0.6 is 0 Å². The quantitative estimate of drug-likeness (QED) is 0.684. The molecule has 0 unspecified atom stereocenters. The molecule has 1 rings (SSSR count). The lowest BCUT2D eigenvalue weighted by Crippen LogP contribution is -2.04. The molecule has 0 atom stereocenters. The van der Waals surface area contributed by atoms with Crippen molar-refractivity contribution in [2.75, 3.05) is 0 Å². The number of hydrogen-bond donors (Lipinski definition) is 0. The number of Topliss-reactive ketones (excluding diaryl/α,β-unsaturated/α-hetero) is 1. The number of hydrogen-bond acceptors (Lipinski definition) is 2. The van der Waals surface area contributed by atoms with Crippen LogP contribution in [0.2, 0.25) is 0 Å². The molecular formula is C12H17NO. The number of aryl methyl sites for hydroxylation is 2. The average molecular weight is 191 g/mol. The van der Waals surface area contributed by atoms with Crippen LogP contribution in [0.25, 0.3) is 0 Å². The van der Waals surface area contributed by atoms with Crippen LogP contribution < -0.4 is 0 Å². The third-order valence-electron chi connectivity index (χ3n) is 2.24. The van der Waals surface area contributed by atoms with E-state index in [4.69, 9.17) is 0 Å². The average Bonchev–Trinajstić information content (AvgIpc) is 2.14. The SMILES string of the molecule is CCCCC(=O)c1ncc(C)cc1C. The second-order valence-corrected chi connectivity index (χ2v) is 3.70. The molecule has 1 aromatic heterocycles. The van der Waals surface area contributed by atoms with E-state index in [0.717, 1.165) is 24.0 Å². The van der Waals surface area contributed by atoms with E-state index in [1.807, 2.05) is 19.9 Å². The zero-order valence-electron chi connectivity index (χ0n) is 9.13. The summed E-state index contributed by atoms with van der Waals surface area (Å²) in [7, 11) is 0. The van der Waals surface area contributed by atoms with Gasteiger partial charge in [0.15, 0.2) is 5.78 Å². The van der Waals surface area contributed by atoms with Crippen molar-refractivity contribution in [1.29, 1.82) is 0 Å². The Kier molecular flexibility index (Phi) is 3.81. The molecule has 0 amide bonds. The standard InChI is InChI=1S/C12H17NO/c1-4-5-6-11(14)12-10(3)7-9(2)8-13-12/h7-8H,4-6H2,1-3H3. The molecular weight excluding hydrogens is 174 g/mol. The molecule has 0 saturated heterocycles. The minimum atomic E-state index is 0.171. The number of aromatic nitrogens is 1. The fourth-order valence-corrected chi connectivity index (χ4v) is 1.46. The second kappa shape index (κ2) is 4.89. The molecule has 0 saturated carbocycles. The Labute approximate surface area is 85.4 Å². The smallest absolute Gasteiger partial charge is 0.181 e. The van der Waals surface area contributed by atoms with E-state index in [1.54, 1.807) is 6.20 Å². The van der Waals surface area contributed by atoms with Crippen molar-refractivity contribution in [2.24, 2.45) is 0 Å². The molecule has 0 spiro atoms. The third kappa shape index (κ3) is 2.66. The van der Waals surface area contributed by atoms with Crippen molar-refractivity contribution in [3.05, 3.63) is 29.1 Å². The van der Waals surface area contributed by atoms with Gasteiger partial charge >= 0.3 is 0 Å². The molecule has 0 aliphatic carbocycles. The van der Waals surface area contributed by atoms with Gasteiger partial charge in [-0.15, -0.1) is 0 Å². The highest BCUT2D eigenvalue weighted by atomic mass is 16.1. The van der Waals surface area contributed by atoms with E-state index in [0.29, 0.717) is 12.1 Å². The molecule has 0 aliphatic rings. The number of nitrogens with zero attached hydrogens (tertiary/aromatic N) is 1. The summed E-state index contributed by atoms with van der Waals surface area (Å²) in [4.78, 5) is 15.9. The van der Waals surface area contributed by atoms with Crippen molar-refractivity contribution in [3.8, 4) is 0 Å². The van der Waals surface area contributed by atoms with E-state index in [1.165, 1.54) is 0 Å². The van der Waals surface area contributed by atoms with Gasteiger partial charge in [0.1, 0.15) is 5.69 Å². The molecule has 1 aromatic rings. The molecule has 0 radical (unpaired) electrons. The molecule has 0 aromatic carbocycles. The topological polar surface area (TPSA) is 30.0 Å². The lowest BCUT2D eigenvalue weighted by atomic mass is 10.1. The summed E-state index contributed by atoms with van der Waals surface area (Å²) >= 11 is 0. The first-order valence-electron chi connectivity index (χ1n) is 5.11. The fourth-order valence-electron chi connectivity index (χ4n) is 1.46. The predicted octanol–water partition coefficient (Wildman–Crippen LogP) is 3.07. The number of carbonyl (C=O) groups is 1. The number of ketones is 1. The Bertz CT molecular complexity index is 331. The molecule has 0 bridgehead atoms. The normalized spacial score (nSPS) is 10.2. The molecule has 0 fully saturated rings. The van der Waals surface area contributed by atoms with E-state index < -0.39 is 0 Å². The Balaban J connectivity index is 2.80. The van der Waals surface area contributed by atoms with Crippen LogP contribution in [-0.2, 0) is 0 Å². The number of unbranched alkanes of at least 4 members (excludes halogenated alkanes) is 1. The summed E-state index contributed by atoms with van der Waals surface area (Å²) in [6.45, 7) is 6.02. The van der Waals surface area contributed by atoms with Gasteiger partial charge in [-0.1, -0.05) is 19.4 Å². The van der Waals surface area contributed by atoms with E-state index in [9.17, 15) is 4.79 Å². The van der Waals surface area contributed by atoms with Gasteiger partial charge in [0, 0.05) is 12.6 Å². The molecule has 1 heterocycles. The summed E-state index contributed by atoms with van der Waals surface area (Å²) < 4.78 is 0. The zero-order valence-corrected chi connectivity index (χ0v) is 9.13. The Hall–Kier alpha value is -1.18. The number of rotatable bonds is 4. The van der Waals surface area contributed by atoms with Gasteiger partial charge in [0.05, 0.1) is 0 Å². The zero-order chi connectivity index (χ0) is 10.6. The van der Waals surface area contributed by atoms with Crippen LogP contribution in [0.15, 0.2) is 12.3 Å². The van der Waals surface area contributed by atoms with Crippen LogP contribution in [0.4, 0.5) is 0 Å². The number of carbonyl (C=O) groups excluding carboxylic acids is 1. The minimum absolute atomic E-state index is 0.171. The van der Waals surface area contributed by atoms with E-state index in [-0.39, 0.29) is 5.78 Å². The first-order valence-corrected chi connectivity index (χ1v) is 5.11. The summed E-state index contributed by atoms with van der Waals surface area (Å²) in [5.74, 6) is 0.171.